The van der Waals surface area contributed by atoms with Gasteiger partial charge in [-0.1, -0.05) is 68.2 Å². The predicted molar refractivity (Wildman–Crippen MR) is 91.9 cm³/mol. The van der Waals surface area contributed by atoms with Gasteiger partial charge in [-0.25, -0.2) is 0 Å². The summed E-state index contributed by atoms with van der Waals surface area (Å²) in [5.74, 6) is 5.35. The lowest BCUT2D eigenvalue weighted by molar-refractivity contribution is 0.0580. The van der Waals surface area contributed by atoms with Gasteiger partial charge in [-0.2, -0.15) is 0 Å². The molecule has 0 spiro atoms. The smallest absolute Gasteiger partial charge is 0.0334 e. The average Bonchev–Trinajstić information content (AvgIpc) is 2.36. The summed E-state index contributed by atoms with van der Waals surface area (Å²) in [5.41, 5.74) is 0.492. The summed E-state index contributed by atoms with van der Waals surface area (Å²) < 4.78 is 0. The summed E-state index contributed by atoms with van der Waals surface area (Å²) >= 11 is 0. The van der Waals surface area contributed by atoms with Crippen LogP contribution in [0.5, 0.6) is 0 Å². The van der Waals surface area contributed by atoms with E-state index in [0.717, 1.165) is 35.5 Å². The number of rotatable bonds is 5. The second-order valence-electron chi connectivity index (χ2n) is 9.21. The fraction of sp³-hybridized carbons (Fsp3) is 1.00. The van der Waals surface area contributed by atoms with E-state index >= 15 is 0 Å². The summed E-state index contributed by atoms with van der Waals surface area (Å²) in [6.45, 7) is 19.6. The quantitative estimate of drug-likeness (QED) is 0.520. The van der Waals surface area contributed by atoms with Crippen molar-refractivity contribution in [2.75, 3.05) is 0 Å². The molecule has 0 heteroatoms. The highest BCUT2D eigenvalue weighted by Crippen LogP contribution is 2.46. The van der Waals surface area contributed by atoms with Gasteiger partial charge in [-0.05, 0) is 60.2 Å². The monoisotopic (exact) mass is 280 g/mol. The van der Waals surface area contributed by atoms with Crippen LogP contribution in [0.25, 0.3) is 0 Å². The van der Waals surface area contributed by atoms with Crippen molar-refractivity contribution in [2.45, 2.75) is 87.5 Å². The van der Waals surface area contributed by atoms with Crippen LogP contribution in [0.3, 0.4) is 0 Å². The third-order valence-corrected chi connectivity index (χ3v) is 6.36. The Hall–Kier alpha value is 0. The van der Waals surface area contributed by atoms with Crippen LogP contribution in [0.2, 0.25) is 0 Å². The van der Waals surface area contributed by atoms with Crippen molar-refractivity contribution >= 4 is 0 Å². The van der Waals surface area contributed by atoms with Crippen molar-refractivity contribution in [3.63, 3.8) is 0 Å². The van der Waals surface area contributed by atoms with Gasteiger partial charge in [0, 0.05) is 0 Å². The van der Waals surface area contributed by atoms with Gasteiger partial charge in [0.1, 0.15) is 0 Å². The Labute approximate surface area is 129 Å². The second kappa shape index (κ2) is 7.32. The molecule has 0 N–H and O–H groups in total. The largest absolute Gasteiger partial charge is 0.0625 e. The van der Waals surface area contributed by atoms with E-state index < -0.39 is 0 Å². The van der Waals surface area contributed by atoms with Gasteiger partial charge in [-0.15, -0.1) is 0 Å². The van der Waals surface area contributed by atoms with E-state index in [-0.39, 0.29) is 0 Å². The van der Waals surface area contributed by atoms with E-state index in [9.17, 15) is 0 Å². The van der Waals surface area contributed by atoms with Crippen LogP contribution in [-0.4, -0.2) is 0 Å². The molecule has 0 amide bonds. The fourth-order valence-corrected chi connectivity index (χ4v) is 4.55. The van der Waals surface area contributed by atoms with Gasteiger partial charge in [0.2, 0.25) is 0 Å². The lowest BCUT2D eigenvalue weighted by Crippen LogP contribution is -2.35. The summed E-state index contributed by atoms with van der Waals surface area (Å²) in [6, 6.07) is 0. The van der Waals surface area contributed by atoms with Gasteiger partial charge < -0.3 is 0 Å². The molecule has 0 aromatic carbocycles. The highest BCUT2D eigenvalue weighted by Gasteiger charge is 2.37. The molecule has 0 radical (unpaired) electrons. The maximum absolute atomic E-state index is 2.54. The van der Waals surface area contributed by atoms with Crippen LogP contribution in [0, 0.1) is 40.9 Å². The van der Waals surface area contributed by atoms with Gasteiger partial charge in [-0.3, -0.25) is 0 Å². The first-order chi connectivity index (χ1) is 9.14. The van der Waals surface area contributed by atoms with E-state index in [2.05, 4.69) is 55.4 Å². The first-order valence-corrected chi connectivity index (χ1v) is 9.14. The molecular formula is C20H40. The molecule has 0 heterocycles. The molecule has 1 fully saturated rings. The summed E-state index contributed by atoms with van der Waals surface area (Å²) in [4.78, 5) is 0. The van der Waals surface area contributed by atoms with Crippen LogP contribution in [0.1, 0.15) is 87.5 Å². The molecule has 0 aromatic rings. The minimum Gasteiger partial charge on any atom is -0.0625 e. The van der Waals surface area contributed by atoms with Crippen molar-refractivity contribution in [1.82, 2.24) is 0 Å². The van der Waals surface area contributed by atoms with Crippen molar-refractivity contribution < 1.29 is 0 Å². The molecule has 1 aliphatic rings. The Morgan fingerprint density at radius 1 is 0.900 bits per heavy atom. The van der Waals surface area contributed by atoms with E-state index in [1.165, 1.54) is 32.1 Å². The van der Waals surface area contributed by atoms with E-state index in [4.69, 9.17) is 0 Å². The minimum atomic E-state index is 0.492. The third kappa shape index (κ3) is 4.78. The summed E-state index contributed by atoms with van der Waals surface area (Å²) in [5, 5.41) is 0. The SMILES string of the molecule is CC(C)C(C)C(C)CC(C)C1CCCCC1C(C)(C)C. The molecule has 20 heavy (non-hydrogen) atoms. The van der Waals surface area contributed by atoms with Gasteiger partial charge >= 0.3 is 0 Å². The molecule has 1 rings (SSSR count). The van der Waals surface area contributed by atoms with Gasteiger partial charge in [0.15, 0.2) is 0 Å². The van der Waals surface area contributed by atoms with Crippen LogP contribution in [-0.2, 0) is 0 Å². The third-order valence-electron chi connectivity index (χ3n) is 6.36. The normalized spacial score (nSPS) is 29.2. The topological polar surface area (TPSA) is 0 Å². The van der Waals surface area contributed by atoms with Crippen LogP contribution in [0.4, 0.5) is 0 Å². The zero-order chi connectivity index (χ0) is 15.5. The van der Waals surface area contributed by atoms with Gasteiger partial charge in [0.25, 0.3) is 0 Å². The van der Waals surface area contributed by atoms with E-state index in [0.29, 0.717) is 5.41 Å². The highest BCUT2D eigenvalue weighted by atomic mass is 14.4. The first kappa shape index (κ1) is 18.1. The van der Waals surface area contributed by atoms with Crippen molar-refractivity contribution in [3.8, 4) is 0 Å². The molecule has 0 aromatic heterocycles. The molecule has 0 aliphatic heterocycles. The number of hydrogen-bond donors (Lipinski definition) is 0. The molecule has 0 saturated heterocycles. The minimum absolute atomic E-state index is 0.492. The molecular weight excluding hydrogens is 240 g/mol. The Morgan fingerprint density at radius 3 is 1.95 bits per heavy atom. The highest BCUT2D eigenvalue weighted by molar-refractivity contribution is 4.87. The first-order valence-electron chi connectivity index (χ1n) is 9.14. The standard InChI is InChI=1S/C20H40/c1-14(2)17(5)15(3)13-16(4)18-11-9-10-12-19(18)20(6,7)8/h14-19H,9-13H2,1-8H3. The predicted octanol–water partition coefficient (Wildman–Crippen LogP) is 6.79. The maximum Gasteiger partial charge on any atom is -0.0334 e. The van der Waals surface area contributed by atoms with E-state index in [1.807, 2.05) is 0 Å². The van der Waals surface area contributed by atoms with Crippen LogP contribution >= 0.6 is 0 Å². The Balaban J connectivity index is 2.66. The Kier molecular flexibility index (Phi) is 6.61. The molecule has 0 nitrogen and oxygen atoms in total. The zero-order valence-electron chi connectivity index (χ0n) is 15.5. The second-order valence-corrected chi connectivity index (χ2v) is 9.21. The molecule has 1 aliphatic carbocycles. The van der Waals surface area contributed by atoms with Crippen molar-refractivity contribution in [1.29, 1.82) is 0 Å². The maximum atomic E-state index is 2.54. The lowest BCUT2D eigenvalue weighted by atomic mass is 9.61. The molecule has 5 unspecified atom stereocenters. The van der Waals surface area contributed by atoms with E-state index in [1.54, 1.807) is 0 Å². The number of hydrogen-bond acceptors (Lipinski definition) is 0. The molecule has 5 atom stereocenters. The summed E-state index contributed by atoms with van der Waals surface area (Å²) in [6.07, 6.45) is 7.30. The fourth-order valence-electron chi connectivity index (χ4n) is 4.55. The van der Waals surface area contributed by atoms with Crippen molar-refractivity contribution in [3.05, 3.63) is 0 Å². The zero-order valence-corrected chi connectivity index (χ0v) is 15.5. The Bertz CT molecular complexity index is 270. The van der Waals surface area contributed by atoms with Crippen molar-refractivity contribution in [2.24, 2.45) is 40.9 Å². The molecule has 0 bridgehead atoms. The van der Waals surface area contributed by atoms with Crippen LogP contribution < -0.4 is 0 Å². The molecule has 1 saturated carbocycles. The average molecular weight is 281 g/mol. The Morgan fingerprint density at radius 2 is 1.45 bits per heavy atom. The summed E-state index contributed by atoms with van der Waals surface area (Å²) in [7, 11) is 0. The van der Waals surface area contributed by atoms with Gasteiger partial charge in [0.05, 0.1) is 0 Å². The van der Waals surface area contributed by atoms with Crippen LogP contribution in [0.15, 0.2) is 0 Å². The lowest BCUT2D eigenvalue weighted by Gasteiger charge is -2.44. The molecule has 120 valence electrons.